The van der Waals surface area contributed by atoms with E-state index >= 15 is 0 Å². The third kappa shape index (κ3) is 5.33. The second kappa shape index (κ2) is 8.08. The Hall–Kier alpha value is -1.92. The summed E-state index contributed by atoms with van der Waals surface area (Å²) in [5.41, 5.74) is 8.44. The number of benzene rings is 1. The Balaban J connectivity index is 1.91. The topological polar surface area (TPSA) is 90.7 Å². The summed E-state index contributed by atoms with van der Waals surface area (Å²) in [7, 11) is 0. The quantitative estimate of drug-likeness (QED) is 0.804. The Kier molecular flexibility index (Phi) is 6.12. The van der Waals surface area contributed by atoms with E-state index in [1.807, 2.05) is 32.0 Å². The summed E-state index contributed by atoms with van der Waals surface area (Å²) in [6.45, 7) is 4.85. The van der Waals surface area contributed by atoms with Gasteiger partial charge in [-0.05, 0) is 37.0 Å². The normalized spacial score (nSPS) is 21.0. The highest BCUT2D eigenvalue weighted by Crippen LogP contribution is 2.13. The summed E-state index contributed by atoms with van der Waals surface area (Å²) in [6, 6.07) is 5.73. The van der Waals surface area contributed by atoms with Crippen molar-refractivity contribution in [3.05, 3.63) is 34.9 Å². The molecule has 2 atom stereocenters. The maximum Gasteiger partial charge on any atom is 0.243 e. The van der Waals surface area contributed by atoms with Gasteiger partial charge in [0.05, 0.1) is 25.2 Å². The second-order valence-corrected chi connectivity index (χ2v) is 5.95. The monoisotopic (exact) mass is 320 g/mol. The van der Waals surface area contributed by atoms with Crippen LogP contribution in [-0.2, 0) is 25.5 Å². The average Bonchev–Trinajstić information content (AvgIpc) is 2.50. The lowest BCUT2D eigenvalue weighted by Gasteiger charge is -2.31. The molecule has 0 unspecified atom stereocenters. The molecule has 0 spiro atoms. The zero-order valence-corrected chi connectivity index (χ0v) is 13.6. The molecule has 23 heavy (non-hydrogen) atoms. The van der Waals surface area contributed by atoms with Crippen molar-refractivity contribution < 1.29 is 19.1 Å². The van der Waals surface area contributed by atoms with Gasteiger partial charge >= 0.3 is 0 Å². The van der Waals surface area contributed by atoms with Crippen LogP contribution >= 0.6 is 0 Å². The van der Waals surface area contributed by atoms with Gasteiger partial charge in [-0.25, -0.2) is 0 Å². The molecule has 1 saturated heterocycles. The number of nitrogens with two attached hydrogens (primary N) is 1. The third-order valence-electron chi connectivity index (χ3n) is 4.01. The molecule has 0 aromatic heterocycles. The minimum absolute atomic E-state index is 0.0866. The van der Waals surface area contributed by atoms with Crippen LogP contribution in [0.2, 0.25) is 0 Å². The van der Waals surface area contributed by atoms with Crippen LogP contribution in [0.4, 0.5) is 0 Å². The van der Waals surface area contributed by atoms with Gasteiger partial charge in [-0.15, -0.1) is 0 Å². The zero-order chi connectivity index (χ0) is 16.8. The van der Waals surface area contributed by atoms with E-state index in [4.69, 9.17) is 15.2 Å². The predicted octanol–water partition coefficient (Wildman–Crippen LogP) is 0.622. The SMILES string of the molecule is Cc1ccc(CC(=O)N[C@@H]2COCC[C@@H]2OCC(N)=O)cc1C. The van der Waals surface area contributed by atoms with E-state index < -0.39 is 5.91 Å². The van der Waals surface area contributed by atoms with Crippen LogP contribution in [0.3, 0.4) is 0 Å². The van der Waals surface area contributed by atoms with E-state index in [1.54, 1.807) is 0 Å². The average molecular weight is 320 g/mol. The Morgan fingerprint density at radius 3 is 2.83 bits per heavy atom. The minimum Gasteiger partial charge on any atom is -0.379 e. The lowest BCUT2D eigenvalue weighted by atomic mass is 10.0. The fourth-order valence-corrected chi connectivity index (χ4v) is 2.60. The van der Waals surface area contributed by atoms with Crippen LogP contribution in [0.5, 0.6) is 0 Å². The van der Waals surface area contributed by atoms with Gasteiger partial charge in [0.1, 0.15) is 6.61 Å². The van der Waals surface area contributed by atoms with E-state index in [0.717, 1.165) is 5.56 Å². The molecule has 2 rings (SSSR count). The molecule has 1 aromatic carbocycles. The maximum absolute atomic E-state index is 12.2. The molecule has 1 heterocycles. The molecule has 1 aliphatic heterocycles. The second-order valence-electron chi connectivity index (χ2n) is 5.95. The molecule has 126 valence electrons. The predicted molar refractivity (Wildman–Crippen MR) is 85.9 cm³/mol. The molecular weight excluding hydrogens is 296 g/mol. The zero-order valence-electron chi connectivity index (χ0n) is 13.6. The van der Waals surface area contributed by atoms with Gasteiger partial charge in [0.2, 0.25) is 11.8 Å². The summed E-state index contributed by atoms with van der Waals surface area (Å²) in [6.07, 6.45) is 0.683. The van der Waals surface area contributed by atoms with Crippen LogP contribution < -0.4 is 11.1 Å². The van der Waals surface area contributed by atoms with E-state index in [1.165, 1.54) is 11.1 Å². The van der Waals surface area contributed by atoms with Crippen LogP contribution in [0.1, 0.15) is 23.1 Å². The van der Waals surface area contributed by atoms with Crippen molar-refractivity contribution in [2.24, 2.45) is 5.73 Å². The number of rotatable bonds is 6. The van der Waals surface area contributed by atoms with Crippen LogP contribution in [-0.4, -0.2) is 43.8 Å². The lowest BCUT2D eigenvalue weighted by molar-refractivity contribution is -0.131. The number of amides is 2. The molecular formula is C17H24N2O4. The van der Waals surface area contributed by atoms with E-state index in [0.29, 0.717) is 26.1 Å². The first-order valence-electron chi connectivity index (χ1n) is 7.79. The van der Waals surface area contributed by atoms with Crippen molar-refractivity contribution in [1.82, 2.24) is 5.32 Å². The number of aryl methyl sites for hydroxylation is 2. The van der Waals surface area contributed by atoms with Crippen molar-refractivity contribution in [3.8, 4) is 0 Å². The Morgan fingerprint density at radius 2 is 2.13 bits per heavy atom. The van der Waals surface area contributed by atoms with E-state index in [2.05, 4.69) is 5.32 Å². The molecule has 1 fully saturated rings. The van der Waals surface area contributed by atoms with Gasteiger partial charge in [0.15, 0.2) is 0 Å². The van der Waals surface area contributed by atoms with E-state index in [-0.39, 0.29) is 24.7 Å². The largest absolute Gasteiger partial charge is 0.379 e. The first-order chi connectivity index (χ1) is 11.0. The number of hydrogen-bond donors (Lipinski definition) is 2. The molecule has 1 aromatic rings. The Morgan fingerprint density at radius 1 is 1.35 bits per heavy atom. The number of nitrogens with one attached hydrogen (secondary N) is 1. The fraction of sp³-hybridized carbons (Fsp3) is 0.529. The molecule has 0 bridgehead atoms. The Labute approximate surface area is 136 Å². The van der Waals surface area contributed by atoms with Gasteiger partial charge in [-0.2, -0.15) is 0 Å². The lowest BCUT2D eigenvalue weighted by Crippen LogP contribution is -2.51. The van der Waals surface area contributed by atoms with Gasteiger partial charge in [0.25, 0.3) is 0 Å². The molecule has 0 aliphatic carbocycles. The summed E-state index contributed by atoms with van der Waals surface area (Å²) in [4.78, 5) is 23.1. The summed E-state index contributed by atoms with van der Waals surface area (Å²) in [5, 5.41) is 2.93. The molecule has 6 nitrogen and oxygen atoms in total. The van der Waals surface area contributed by atoms with Gasteiger partial charge in [0, 0.05) is 6.61 Å². The maximum atomic E-state index is 12.2. The van der Waals surface area contributed by atoms with Gasteiger partial charge < -0.3 is 20.5 Å². The summed E-state index contributed by atoms with van der Waals surface area (Å²) >= 11 is 0. The van der Waals surface area contributed by atoms with Crippen molar-refractivity contribution in [2.45, 2.75) is 38.8 Å². The first kappa shape index (κ1) is 17.4. The van der Waals surface area contributed by atoms with Crippen molar-refractivity contribution >= 4 is 11.8 Å². The highest BCUT2D eigenvalue weighted by atomic mass is 16.5. The van der Waals surface area contributed by atoms with Crippen LogP contribution in [0.15, 0.2) is 18.2 Å². The van der Waals surface area contributed by atoms with Crippen molar-refractivity contribution in [2.75, 3.05) is 19.8 Å². The summed E-state index contributed by atoms with van der Waals surface area (Å²) in [5.74, 6) is -0.604. The van der Waals surface area contributed by atoms with Gasteiger partial charge in [-0.1, -0.05) is 18.2 Å². The highest BCUT2D eigenvalue weighted by molar-refractivity contribution is 5.79. The standard InChI is InChI=1S/C17H24N2O4/c1-11-3-4-13(7-12(11)2)8-17(21)19-14-9-22-6-5-15(14)23-10-16(18)20/h3-4,7,14-15H,5-6,8-10H2,1-2H3,(H2,18,20)(H,19,21)/t14-,15+/m1/s1. The molecule has 0 saturated carbocycles. The number of ether oxygens (including phenoxy) is 2. The highest BCUT2D eigenvalue weighted by Gasteiger charge is 2.28. The van der Waals surface area contributed by atoms with E-state index in [9.17, 15) is 9.59 Å². The van der Waals surface area contributed by atoms with Crippen molar-refractivity contribution in [3.63, 3.8) is 0 Å². The minimum atomic E-state index is -0.517. The van der Waals surface area contributed by atoms with Crippen LogP contribution in [0, 0.1) is 13.8 Å². The number of hydrogen-bond acceptors (Lipinski definition) is 4. The molecule has 2 amide bonds. The first-order valence-corrected chi connectivity index (χ1v) is 7.79. The molecule has 3 N–H and O–H groups in total. The van der Waals surface area contributed by atoms with Crippen molar-refractivity contribution in [1.29, 1.82) is 0 Å². The number of carbonyl (C=O) groups is 2. The summed E-state index contributed by atoms with van der Waals surface area (Å²) < 4.78 is 10.9. The third-order valence-corrected chi connectivity index (χ3v) is 4.01. The van der Waals surface area contributed by atoms with Crippen LogP contribution in [0.25, 0.3) is 0 Å². The fourth-order valence-electron chi connectivity index (χ4n) is 2.60. The number of primary amides is 1. The smallest absolute Gasteiger partial charge is 0.243 e. The molecule has 6 heteroatoms. The number of carbonyl (C=O) groups excluding carboxylic acids is 2. The van der Waals surface area contributed by atoms with Gasteiger partial charge in [-0.3, -0.25) is 9.59 Å². The molecule has 0 radical (unpaired) electrons. The molecule has 1 aliphatic rings. The Bertz CT molecular complexity index is 574.